The van der Waals surface area contributed by atoms with Crippen LogP contribution in [0, 0.1) is 23.7 Å². The second-order valence-corrected chi connectivity index (χ2v) is 17.6. The second kappa shape index (κ2) is 18.0. The Morgan fingerprint density at radius 2 is 1.56 bits per heavy atom. The molecule has 0 spiro atoms. The molecule has 5 N–H and O–H groups in total. The van der Waals surface area contributed by atoms with Gasteiger partial charge in [-0.2, -0.15) is 0 Å². The van der Waals surface area contributed by atoms with Crippen LogP contribution in [0.2, 0.25) is 0 Å². The lowest BCUT2D eigenvalue weighted by Crippen LogP contribution is -2.60. The molecule has 0 aromatic heterocycles. The van der Waals surface area contributed by atoms with Crippen molar-refractivity contribution in [2.45, 2.75) is 186 Å². The average molecular weight is 747 g/mol. The number of nitrogens with zero attached hydrogens (tertiary/aromatic N) is 2. The Balaban J connectivity index is 2.17. The summed E-state index contributed by atoms with van der Waals surface area (Å²) in [6.45, 7) is 18.7. The Hall–Kier alpha value is -0.810. The van der Waals surface area contributed by atoms with Gasteiger partial charge in [0.2, 0.25) is 0 Å². The highest BCUT2D eigenvalue weighted by Gasteiger charge is 2.52. The summed E-state index contributed by atoms with van der Waals surface area (Å²) < 4.78 is 31.7. The maximum Gasteiger partial charge on any atom is 0.185 e. The minimum absolute atomic E-state index is 0.0219. The van der Waals surface area contributed by atoms with Crippen LogP contribution in [0.4, 0.5) is 0 Å². The van der Waals surface area contributed by atoms with Crippen LogP contribution in [-0.4, -0.2) is 160 Å². The highest BCUT2D eigenvalue weighted by molar-refractivity contribution is 5.81. The van der Waals surface area contributed by atoms with Crippen LogP contribution >= 0.6 is 0 Å². The molecule has 3 fully saturated rings. The van der Waals surface area contributed by atoms with Crippen molar-refractivity contribution >= 4 is 5.78 Å². The number of aliphatic hydroxyl groups excluding tert-OH is 3. The molecular formula is C39H74N2O11. The van der Waals surface area contributed by atoms with Gasteiger partial charge in [-0.3, -0.25) is 4.79 Å². The largest absolute Gasteiger partial charge is 0.388 e. The molecule has 306 valence electrons. The van der Waals surface area contributed by atoms with Crippen molar-refractivity contribution in [3.8, 4) is 0 Å². The lowest BCUT2D eigenvalue weighted by molar-refractivity contribution is -0.317. The minimum atomic E-state index is -1.58. The molecule has 18 unspecified atom stereocenters. The zero-order chi connectivity index (χ0) is 39.7. The van der Waals surface area contributed by atoms with Gasteiger partial charge in [0.1, 0.15) is 18.0 Å². The third kappa shape index (κ3) is 10.1. The fraction of sp³-hybridized carbons (Fsp3) is 0.974. The van der Waals surface area contributed by atoms with Crippen molar-refractivity contribution in [2.24, 2.45) is 23.7 Å². The summed E-state index contributed by atoms with van der Waals surface area (Å²) in [5.74, 6) is -2.31. The van der Waals surface area contributed by atoms with E-state index in [2.05, 4.69) is 0 Å². The summed E-state index contributed by atoms with van der Waals surface area (Å²) in [4.78, 5) is 18.3. The molecule has 0 saturated carbocycles. The van der Waals surface area contributed by atoms with E-state index in [9.17, 15) is 30.3 Å². The highest BCUT2D eigenvalue weighted by Crippen LogP contribution is 2.41. The molecule has 0 aliphatic carbocycles. The average Bonchev–Trinajstić information content (AvgIpc) is 3.05. The number of rotatable bonds is 7. The summed E-state index contributed by atoms with van der Waals surface area (Å²) in [6, 6.07) is -0.708. The molecule has 13 nitrogen and oxygen atoms in total. The van der Waals surface area contributed by atoms with Gasteiger partial charge >= 0.3 is 0 Å². The lowest BCUT2D eigenvalue weighted by Gasteiger charge is -2.49. The molecule has 13 heteroatoms. The molecule has 3 heterocycles. The van der Waals surface area contributed by atoms with Gasteiger partial charge < -0.3 is 59.0 Å². The zero-order valence-corrected chi connectivity index (χ0v) is 34.5. The molecule has 0 aromatic carbocycles. The first kappa shape index (κ1) is 45.6. The minimum Gasteiger partial charge on any atom is -0.388 e. The summed E-state index contributed by atoms with van der Waals surface area (Å²) >= 11 is 0. The fourth-order valence-corrected chi connectivity index (χ4v) is 9.17. The third-order valence-electron chi connectivity index (χ3n) is 12.8. The summed E-state index contributed by atoms with van der Waals surface area (Å²) in [6.07, 6.45) is -6.35. The number of carbonyl (C=O) groups is 1. The molecule has 18 atom stereocenters. The van der Waals surface area contributed by atoms with E-state index in [0.717, 1.165) is 0 Å². The van der Waals surface area contributed by atoms with Gasteiger partial charge in [0.15, 0.2) is 12.6 Å². The molecule has 3 saturated heterocycles. The molecule has 0 radical (unpaired) electrons. The van der Waals surface area contributed by atoms with Crippen LogP contribution in [-0.2, 0) is 28.5 Å². The Morgan fingerprint density at radius 1 is 0.942 bits per heavy atom. The van der Waals surface area contributed by atoms with Crippen LogP contribution in [0.5, 0.6) is 0 Å². The second-order valence-electron chi connectivity index (χ2n) is 17.6. The monoisotopic (exact) mass is 747 g/mol. The van der Waals surface area contributed by atoms with Gasteiger partial charge in [0, 0.05) is 50.4 Å². The first-order valence-corrected chi connectivity index (χ1v) is 19.5. The normalized spacial score (nSPS) is 49.8. The molecule has 3 aliphatic rings. The smallest absolute Gasteiger partial charge is 0.185 e. The maximum atomic E-state index is 14.4. The number of carbonyl (C=O) groups excluding carboxylic acids is 1. The number of methoxy groups -OCH3 is 1. The predicted molar refractivity (Wildman–Crippen MR) is 197 cm³/mol. The van der Waals surface area contributed by atoms with Gasteiger partial charge in [0.25, 0.3) is 0 Å². The number of ketones is 1. The Labute approximate surface area is 313 Å². The Bertz CT molecular complexity index is 1140. The molecular weight excluding hydrogens is 672 g/mol. The Kier molecular flexibility index (Phi) is 15.8. The molecule has 0 bridgehead atoms. The zero-order valence-electron chi connectivity index (χ0n) is 34.5. The topological polar surface area (TPSA) is 171 Å². The predicted octanol–water partition coefficient (Wildman–Crippen LogP) is 2.56. The van der Waals surface area contributed by atoms with Crippen molar-refractivity contribution in [1.82, 2.24) is 9.80 Å². The molecule has 0 amide bonds. The van der Waals surface area contributed by atoms with E-state index in [1.807, 2.05) is 65.6 Å². The van der Waals surface area contributed by atoms with Gasteiger partial charge in [-0.1, -0.05) is 34.1 Å². The van der Waals surface area contributed by atoms with Gasteiger partial charge in [-0.05, 0) is 87.4 Å². The van der Waals surface area contributed by atoms with E-state index in [0.29, 0.717) is 19.4 Å². The fourth-order valence-electron chi connectivity index (χ4n) is 9.17. The van der Waals surface area contributed by atoms with Crippen molar-refractivity contribution in [2.75, 3.05) is 34.8 Å². The van der Waals surface area contributed by atoms with Gasteiger partial charge in [-0.25, -0.2) is 0 Å². The quantitative estimate of drug-likeness (QED) is 0.258. The van der Waals surface area contributed by atoms with E-state index in [4.69, 9.17) is 23.7 Å². The number of hydrogen-bond acceptors (Lipinski definition) is 13. The van der Waals surface area contributed by atoms with E-state index in [1.54, 1.807) is 34.6 Å². The number of Topliss-reactive ketones (excluding diaryl/α,β-unsaturated/α-hetero) is 1. The van der Waals surface area contributed by atoms with Crippen molar-refractivity contribution in [3.05, 3.63) is 0 Å². The van der Waals surface area contributed by atoms with Crippen LogP contribution in [0.15, 0.2) is 0 Å². The van der Waals surface area contributed by atoms with Crippen LogP contribution in [0.25, 0.3) is 0 Å². The van der Waals surface area contributed by atoms with Crippen LogP contribution in [0.3, 0.4) is 0 Å². The van der Waals surface area contributed by atoms with Gasteiger partial charge in [-0.15, -0.1) is 0 Å². The first-order chi connectivity index (χ1) is 23.9. The molecule has 52 heavy (non-hydrogen) atoms. The first-order valence-electron chi connectivity index (χ1n) is 19.5. The van der Waals surface area contributed by atoms with E-state index in [1.165, 1.54) is 7.11 Å². The number of hydrogen-bond donors (Lipinski definition) is 5. The SMILES string of the molecule is CCC1CC(=O)C(C)C(OC2CC(C)(OC)C(O)C(C)O2)C(C)C(OC2OC(C)CC(N(C)C)C2O)C(C)(O)CC(C)CN(C)C(C)C(O)C1(C)O. The molecule has 0 aromatic rings. The van der Waals surface area contributed by atoms with Crippen molar-refractivity contribution in [1.29, 1.82) is 0 Å². The maximum absolute atomic E-state index is 14.4. The molecule has 3 aliphatic heterocycles. The van der Waals surface area contributed by atoms with Crippen LogP contribution in [0.1, 0.15) is 101 Å². The Morgan fingerprint density at radius 3 is 2.12 bits per heavy atom. The van der Waals surface area contributed by atoms with E-state index in [-0.39, 0.29) is 43.1 Å². The van der Waals surface area contributed by atoms with Crippen molar-refractivity contribution < 1.29 is 54.0 Å². The standard InChI is InChI=1S/C39H74N2O11/c1-15-27-17-29(42)23(4)32(51-30-19-38(9,48-14)34(45)26(7)50-30)24(5)35(52-36-31(43)28(40(11)12)16-22(3)49-36)37(8,46)18-21(2)20-41(13)25(6)33(44)39(27,10)47/h21-28,30-36,43-47H,15-20H2,1-14H3. The molecule has 3 rings (SSSR count). The number of ether oxygens (including phenoxy) is 5. The van der Waals surface area contributed by atoms with Crippen LogP contribution < -0.4 is 0 Å². The summed E-state index contributed by atoms with van der Waals surface area (Å²) in [7, 11) is 7.21. The number of likely N-dealkylation sites (N-methyl/N-ethyl adjacent to an activating group) is 2. The van der Waals surface area contributed by atoms with Gasteiger partial charge in [0.05, 0.1) is 47.3 Å². The third-order valence-corrected chi connectivity index (χ3v) is 12.8. The summed E-state index contributed by atoms with van der Waals surface area (Å²) in [5, 5.41) is 58.4. The lowest BCUT2D eigenvalue weighted by atomic mass is 9.74. The highest BCUT2D eigenvalue weighted by atomic mass is 16.7. The van der Waals surface area contributed by atoms with Crippen molar-refractivity contribution in [3.63, 3.8) is 0 Å². The number of aliphatic hydroxyl groups is 5. The van der Waals surface area contributed by atoms with E-state index >= 15 is 0 Å². The van der Waals surface area contributed by atoms with E-state index < -0.39 is 89.8 Å². The summed E-state index contributed by atoms with van der Waals surface area (Å²) in [5.41, 5.74) is -4.08.